The molecule has 3 rings (SSSR count). The summed E-state index contributed by atoms with van der Waals surface area (Å²) in [6.45, 7) is 4.54. The van der Waals surface area contributed by atoms with Crippen molar-refractivity contribution in [2.24, 2.45) is 0 Å². The second-order valence-electron chi connectivity index (χ2n) is 6.32. The summed E-state index contributed by atoms with van der Waals surface area (Å²) in [5, 5.41) is 6.53. The molecule has 1 fully saturated rings. The van der Waals surface area contributed by atoms with Crippen molar-refractivity contribution in [2.45, 2.75) is 32.4 Å². The summed E-state index contributed by atoms with van der Waals surface area (Å²) in [6.07, 6.45) is 4.24. The van der Waals surface area contributed by atoms with Crippen LogP contribution in [0.3, 0.4) is 0 Å². The Bertz CT molecular complexity index is 714. The molecule has 0 spiro atoms. The van der Waals surface area contributed by atoms with Crippen LogP contribution in [0.15, 0.2) is 42.6 Å². The van der Waals surface area contributed by atoms with Gasteiger partial charge in [-0.05, 0) is 55.2 Å². The second-order valence-corrected chi connectivity index (χ2v) is 6.75. The third-order valence-corrected chi connectivity index (χ3v) is 4.66. The first-order chi connectivity index (χ1) is 12.1. The van der Waals surface area contributed by atoms with Gasteiger partial charge in [0.25, 0.3) is 0 Å². The highest BCUT2D eigenvalue weighted by Crippen LogP contribution is 2.18. The van der Waals surface area contributed by atoms with Gasteiger partial charge in [-0.15, -0.1) is 0 Å². The van der Waals surface area contributed by atoms with Crippen molar-refractivity contribution in [1.29, 1.82) is 0 Å². The molecule has 1 aliphatic heterocycles. The van der Waals surface area contributed by atoms with E-state index >= 15 is 0 Å². The summed E-state index contributed by atoms with van der Waals surface area (Å²) in [7, 11) is 0. The summed E-state index contributed by atoms with van der Waals surface area (Å²) in [5.41, 5.74) is 2.06. The molecule has 6 heteroatoms. The van der Waals surface area contributed by atoms with E-state index < -0.39 is 0 Å². The Labute approximate surface area is 153 Å². The van der Waals surface area contributed by atoms with E-state index in [2.05, 4.69) is 20.5 Å². The highest BCUT2D eigenvalue weighted by atomic mass is 35.5. The van der Waals surface area contributed by atoms with Crippen LogP contribution in [0, 0.1) is 0 Å². The maximum absolute atomic E-state index is 12.1. The van der Waals surface area contributed by atoms with Gasteiger partial charge >= 0.3 is 6.03 Å². The molecule has 5 nitrogen and oxygen atoms in total. The van der Waals surface area contributed by atoms with Crippen molar-refractivity contribution in [2.75, 3.05) is 18.0 Å². The van der Waals surface area contributed by atoms with E-state index in [0.717, 1.165) is 30.0 Å². The molecule has 0 saturated carbocycles. The highest BCUT2D eigenvalue weighted by molar-refractivity contribution is 6.30. The van der Waals surface area contributed by atoms with Gasteiger partial charge in [-0.1, -0.05) is 23.7 Å². The van der Waals surface area contributed by atoms with Crippen LogP contribution in [0.4, 0.5) is 10.6 Å². The Morgan fingerprint density at radius 2 is 1.96 bits per heavy atom. The number of urea groups is 1. The Morgan fingerprint density at radius 3 is 2.68 bits per heavy atom. The normalized spacial score (nSPS) is 15.0. The minimum atomic E-state index is -0.193. The molecular weight excluding hydrogens is 336 g/mol. The van der Waals surface area contributed by atoms with Crippen LogP contribution >= 0.6 is 11.6 Å². The van der Waals surface area contributed by atoms with Gasteiger partial charge in [0.2, 0.25) is 0 Å². The van der Waals surface area contributed by atoms with Gasteiger partial charge in [-0.2, -0.15) is 0 Å². The van der Waals surface area contributed by atoms with Crippen LogP contribution in [0.2, 0.25) is 5.02 Å². The fraction of sp³-hybridized carbons (Fsp3) is 0.368. The Balaban J connectivity index is 1.51. The fourth-order valence-electron chi connectivity index (χ4n) is 2.95. The predicted octanol–water partition coefficient (Wildman–Crippen LogP) is 3.90. The molecule has 132 valence electrons. The number of nitrogens with one attached hydrogen (secondary N) is 2. The summed E-state index contributed by atoms with van der Waals surface area (Å²) < 4.78 is 0. The Hall–Kier alpha value is -2.27. The lowest BCUT2D eigenvalue weighted by molar-refractivity contribution is 0.237. The fourth-order valence-corrected chi connectivity index (χ4v) is 3.08. The Morgan fingerprint density at radius 1 is 1.24 bits per heavy atom. The number of hydrogen-bond acceptors (Lipinski definition) is 3. The van der Waals surface area contributed by atoms with Gasteiger partial charge in [0.1, 0.15) is 5.82 Å². The van der Waals surface area contributed by atoms with Crippen LogP contribution in [-0.2, 0) is 6.54 Å². The van der Waals surface area contributed by atoms with Gasteiger partial charge in [-0.25, -0.2) is 9.78 Å². The van der Waals surface area contributed by atoms with Crippen molar-refractivity contribution < 1.29 is 4.79 Å². The van der Waals surface area contributed by atoms with Crippen LogP contribution in [0.25, 0.3) is 0 Å². The SMILES string of the molecule is C[C@@H](NC(=O)NCc1ccnc(N2CCCC2)c1)c1ccc(Cl)cc1. The molecule has 0 bridgehead atoms. The van der Waals surface area contributed by atoms with Gasteiger partial charge in [-0.3, -0.25) is 0 Å². The zero-order valence-corrected chi connectivity index (χ0v) is 15.1. The number of carbonyl (C=O) groups is 1. The minimum absolute atomic E-state index is 0.0881. The second kappa shape index (κ2) is 8.21. The number of anilines is 1. The van der Waals surface area contributed by atoms with Crippen molar-refractivity contribution >= 4 is 23.4 Å². The molecule has 2 N–H and O–H groups in total. The van der Waals surface area contributed by atoms with Crippen molar-refractivity contribution in [3.8, 4) is 0 Å². The number of rotatable bonds is 5. The minimum Gasteiger partial charge on any atom is -0.357 e. The van der Waals surface area contributed by atoms with Gasteiger partial charge in [0, 0.05) is 30.9 Å². The van der Waals surface area contributed by atoms with E-state index in [0.29, 0.717) is 11.6 Å². The molecule has 0 unspecified atom stereocenters. The number of aromatic nitrogens is 1. The van der Waals surface area contributed by atoms with E-state index in [9.17, 15) is 4.79 Å². The van der Waals surface area contributed by atoms with Crippen LogP contribution < -0.4 is 15.5 Å². The largest absolute Gasteiger partial charge is 0.357 e. The lowest BCUT2D eigenvalue weighted by Gasteiger charge is -2.18. The summed E-state index contributed by atoms with van der Waals surface area (Å²) in [5.74, 6) is 0.992. The van der Waals surface area contributed by atoms with Gasteiger partial charge in [0.05, 0.1) is 6.04 Å². The van der Waals surface area contributed by atoms with Crippen LogP contribution in [0.5, 0.6) is 0 Å². The van der Waals surface area contributed by atoms with E-state index in [1.807, 2.05) is 43.3 Å². The molecule has 0 aliphatic carbocycles. The van der Waals surface area contributed by atoms with Crippen molar-refractivity contribution in [1.82, 2.24) is 15.6 Å². The lowest BCUT2D eigenvalue weighted by Crippen LogP contribution is -2.36. The van der Waals surface area contributed by atoms with E-state index in [4.69, 9.17) is 11.6 Å². The lowest BCUT2D eigenvalue weighted by atomic mass is 10.1. The molecule has 25 heavy (non-hydrogen) atoms. The molecule has 1 atom stereocenters. The summed E-state index contributed by atoms with van der Waals surface area (Å²) in [6, 6.07) is 11.2. The number of amides is 2. The number of benzene rings is 1. The van der Waals surface area contributed by atoms with Crippen LogP contribution in [0.1, 0.15) is 36.9 Å². The third kappa shape index (κ3) is 4.86. The number of nitrogens with zero attached hydrogens (tertiary/aromatic N) is 2. The maximum Gasteiger partial charge on any atom is 0.315 e. The van der Waals surface area contributed by atoms with E-state index in [1.54, 1.807) is 6.20 Å². The molecule has 1 saturated heterocycles. The third-order valence-electron chi connectivity index (χ3n) is 4.41. The van der Waals surface area contributed by atoms with Gasteiger partial charge < -0.3 is 15.5 Å². The Kier molecular flexibility index (Phi) is 5.76. The average Bonchev–Trinajstić information content (AvgIpc) is 3.15. The first-order valence-electron chi connectivity index (χ1n) is 8.61. The maximum atomic E-state index is 12.1. The molecule has 1 aromatic carbocycles. The van der Waals surface area contributed by atoms with Crippen LogP contribution in [-0.4, -0.2) is 24.1 Å². The first-order valence-corrected chi connectivity index (χ1v) is 8.99. The van der Waals surface area contributed by atoms with E-state index in [-0.39, 0.29) is 12.1 Å². The number of carbonyl (C=O) groups excluding carboxylic acids is 1. The van der Waals surface area contributed by atoms with E-state index in [1.165, 1.54) is 12.8 Å². The molecule has 2 heterocycles. The smallest absolute Gasteiger partial charge is 0.315 e. The zero-order valence-electron chi connectivity index (χ0n) is 14.3. The molecule has 1 aliphatic rings. The standard InChI is InChI=1S/C19H23ClN4O/c1-14(16-4-6-17(20)7-5-16)23-19(25)22-13-15-8-9-21-18(12-15)24-10-2-3-11-24/h4-9,12,14H,2-3,10-11,13H2,1H3,(H2,22,23,25)/t14-/m1/s1. The van der Waals surface area contributed by atoms with Crippen molar-refractivity contribution in [3.05, 3.63) is 58.7 Å². The summed E-state index contributed by atoms with van der Waals surface area (Å²) in [4.78, 5) is 18.8. The monoisotopic (exact) mass is 358 g/mol. The summed E-state index contributed by atoms with van der Waals surface area (Å²) >= 11 is 5.89. The number of pyridine rings is 1. The molecule has 2 aromatic rings. The number of halogens is 1. The quantitative estimate of drug-likeness (QED) is 0.852. The average molecular weight is 359 g/mol. The molecular formula is C19H23ClN4O. The van der Waals surface area contributed by atoms with Gasteiger partial charge in [0.15, 0.2) is 0 Å². The highest BCUT2D eigenvalue weighted by Gasteiger charge is 2.14. The number of hydrogen-bond donors (Lipinski definition) is 2. The molecule has 2 amide bonds. The molecule has 1 aromatic heterocycles. The van der Waals surface area contributed by atoms with Crippen molar-refractivity contribution in [3.63, 3.8) is 0 Å². The topological polar surface area (TPSA) is 57.3 Å². The molecule has 0 radical (unpaired) electrons. The zero-order chi connectivity index (χ0) is 17.6. The first kappa shape index (κ1) is 17.5. The predicted molar refractivity (Wildman–Crippen MR) is 101 cm³/mol.